The van der Waals surface area contributed by atoms with Crippen LogP contribution in [0, 0.1) is 11.6 Å². The van der Waals surface area contributed by atoms with Crippen molar-refractivity contribution in [3.05, 3.63) is 65.2 Å². The lowest BCUT2D eigenvalue weighted by molar-refractivity contribution is -0.123. The van der Waals surface area contributed by atoms with E-state index >= 15 is 0 Å². The van der Waals surface area contributed by atoms with Gasteiger partial charge in [0.1, 0.15) is 18.2 Å². The maximum absolute atomic E-state index is 13.7. The van der Waals surface area contributed by atoms with Crippen molar-refractivity contribution in [3.63, 3.8) is 0 Å². The second-order valence-corrected chi connectivity index (χ2v) is 6.70. The number of anilines is 1. The van der Waals surface area contributed by atoms with Gasteiger partial charge in [-0.15, -0.1) is 0 Å². The molecule has 0 fully saturated rings. The summed E-state index contributed by atoms with van der Waals surface area (Å²) in [5.41, 5.74) is 0.636. The third-order valence-electron chi connectivity index (χ3n) is 4.33. The number of carbonyl (C=O) groups is 2. The first-order chi connectivity index (χ1) is 14.0. The van der Waals surface area contributed by atoms with Crippen LogP contribution in [-0.4, -0.2) is 42.5 Å². The first-order valence-electron chi connectivity index (χ1n) is 8.86. The lowest BCUT2D eigenvalue weighted by Crippen LogP contribution is -2.39. The van der Waals surface area contributed by atoms with Gasteiger partial charge in [-0.05, 0) is 43.8 Å². The minimum absolute atomic E-state index is 0.0724. The standard InChI is InChI=1S/C20H20F5N3O2/c1-12(18(29)27-17-8-7-15(21)9-16(17)22)28(2)10-13-3-5-14(6-4-13)19(30)26-11-20(23,24)25/h3-9,12H,10-11H2,1-2H3,(H,26,30)(H,27,29)/t12-/m1/s1. The van der Waals surface area contributed by atoms with Gasteiger partial charge in [-0.2, -0.15) is 13.2 Å². The molecule has 2 rings (SSSR count). The topological polar surface area (TPSA) is 61.4 Å². The van der Waals surface area contributed by atoms with Gasteiger partial charge in [0.2, 0.25) is 5.91 Å². The van der Waals surface area contributed by atoms with Gasteiger partial charge in [0.15, 0.2) is 0 Å². The van der Waals surface area contributed by atoms with Crippen LogP contribution < -0.4 is 10.6 Å². The summed E-state index contributed by atoms with van der Waals surface area (Å²) in [5.74, 6) is -3.00. The Kier molecular flexibility index (Phi) is 7.49. The number of alkyl halides is 3. The molecule has 0 radical (unpaired) electrons. The lowest BCUT2D eigenvalue weighted by atomic mass is 10.1. The van der Waals surface area contributed by atoms with Crippen molar-refractivity contribution >= 4 is 17.5 Å². The van der Waals surface area contributed by atoms with E-state index in [0.29, 0.717) is 11.6 Å². The molecule has 0 aromatic heterocycles. The molecule has 0 saturated heterocycles. The molecule has 0 aliphatic rings. The molecule has 0 heterocycles. The van der Waals surface area contributed by atoms with Gasteiger partial charge in [0, 0.05) is 18.2 Å². The van der Waals surface area contributed by atoms with E-state index in [0.717, 1.165) is 12.1 Å². The van der Waals surface area contributed by atoms with Crippen molar-refractivity contribution in [2.24, 2.45) is 0 Å². The predicted molar refractivity (Wildman–Crippen MR) is 101 cm³/mol. The van der Waals surface area contributed by atoms with Gasteiger partial charge < -0.3 is 10.6 Å². The van der Waals surface area contributed by atoms with Crippen LogP contribution >= 0.6 is 0 Å². The summed E-state index contributed by atoms with van der Waals surface area (Å²) in [7, 11) is 1.65. The van der Waals surface area contributed by atoms with E-state index in [2.05, 4.69) is 5.32 Å². The maximum Gasteiger partial charge on any atom is 0.405 e. The summed E-state index contributed by atoms with van der Waals surface area (Å²) in [4.78, 5) is 25.7. The van der Waals surface area contributed by atoms with Crippen molar-refractivity contribution in [3.8, 4) is 0 Å². The number of hydrogen-bond acceptors (Lipinski definition) is 3. The highest BCUT2D eigenvalue weighted by Gasteiger charge is 2.28. The average molecular weight is 429 g/mol. The number of nitrogens with one attached hydrogen (secondary N) is 2. The van der Waals surface area contributed by atoms with Crippen LogP contribution in [0.5, 0.6) is 0 Å². The number of amides is 2. The Morgan fingerprint density at radius 1 is 1.07 bits per heavy atom. The molecule has 162 valence electrons. The minimum atomic E-state index is -4.49. The molecule has 2 aromatic carbocycles. The first kappa shape index (κ1) is 23.3. The fraction of sp³-hybridized carbons (Fsp3) is 0.300. The van der Waals surface area contributed by atoms with Gasteiger partial charge in [0.05, 0.1) is 11.7 Å². The van der Waals surface area contributed by atoms with E-state index < -0.39 is 42.2 Å². The van der Waals surface area contributed by atoms with Crippen LogP contribution in [0.2, 0.25) is 0 Å². The highest BCUT2D eigenvalue weighted by molar-refractivity contribution is 5.95. The Morgan fingerprint density at radius 3 is 2.27 bits per heavy atom. The highest BCUT2D eigenvalue weighted by atomic mass is 19.4. The lowest BCUT2D eigenvalue weighted by Gasteiger charge is -2.24. The van der Waals surface area contributed by atoms with Crippen LogP contribution in [0.1, 0.15) is 22.8 Å². The molecule has 0 unspecified atom stereocenters. The van der Waals surface area contributed by atoms with Crippen molar-refractivity contribution in [2.45, 2.75) is 25.7 Å². The van der Waals surface area contributed by atoms with E-state index in [1.165, 1.54) is 12.1 Å². The molecule has 0 saturated carbocycles. The minimum Gasteiger partial charge on any atom is -0.343 e. The Balaban J connectivity index is 1.93. The average Bonchev–Trinajstić information content (AvgIpc) is 2.67. The molecule has 5 nitrogen and oxygen atoms in total. The molecule has 0 aliphatic carbocycles. The zero-order valence-corrected chi connectivity index (χ0v) is 16.2. The van der Waals surface area contributed by atoms with Crippen LogP contribution in [-0.2, 0) is 11.3 Å². The summed E-state index contributed by atoms with van der Waals surface area (Å²) in [6, 6.07) is 8.02. The Morgan fingerprint density at radius 2 is 1.70 bits per heavy atom. The molecule has 0 aliphatic heterocycles. The number of nitrogens with zero attached hydrogens (tertiary/aromatic N) is 1. The molecule has 30 heavy (non-hydrogen) atoms. The van der Waals surface area contributed by atoms with Crippen molar-refractivity contribution < 1.29 is 31.5 Å². The molecule has 10 heteroatoms. The van der Waals surface area contributed by atoms with Gasteiger partial charge >= 0.3 is 6.18 Å². The van der Waals surface area contributed by atoms with Crippen molar-refractivity contribution in [1.82, 2.24) is 10.2 Å². The van der Waals surface area contributed by atoms with E-state index in [9.17, 15) is 31.5 Å². The summed E-state index contributed by atoms with van der Waals surface area (Å²) in [6.45, 7) is 0.457. The largest absolute Gasteiger partial charge is 0.405 e. The molecular weight excluding hydrogens is 409 g/mol. The van der Waals surface area contributed by atoms with Crippen molar-refractivity contribution in [2.75, 3.05) is 18.9 Å². The molecule has 2 aromatic rings. The monoisotopic (exact) mass is 429 g/mol. The van der Waals surface area contributed by atoms with Crippen molar-refractivity contribution in [1.29, 1.82) is 0 Å². The predicted octanol–water partition coefficient (Wildman–Crippen LogP) is 3.72. The molecule has 2 amide bonds. The van der Waals surface area contributed by atoms with E-state index in [4.69, 9.17) is 0 Å². The molecule has 0 bridgehead atoms. The number of rotatable bonds is 7. The third kappa shape index (κ3) is 6.80. The number of benzene rings is 2. The molecular formula is C20H20F5N3O2. The first-order valence-corrected chi connectivity index (χ1v) is 8.86. The Labute approximate surface area is 169 Å². The second-order valence-electron chi connectivity index (χ2n) is 6.70. The quantitative estimate of drug-likeness (QED) is 0.660. The summed E-state index contributed by atoms with van der Waals surface area (Å²) in [5, 5.41) is 4.17. The van der Waals surface area contributed by atoms with E-state index in [1.807, 2.05) is 0 Å². The molecule has 2 N–H and O–H groups in total. The van der Waals surface area contributed by atoms with Crippen LogP contribution in [0.3, 0.4) is 0 Å². The van der Waals surface area contributed by atoms with E-state index in [1.54, 1.807) is 36.3 Å². The number of hydrogen-bond donors (Lipinski definition) is 2. The zero-order valence-electron chi connectivity index (χ0n) is 16.2. The fourth-order valence-electron chi connectivity index (χ4n) is 2.50. The zero-order chi connectivity index (χ0) is 22.5. The molecule has 1 atom stereocenters. The van der Waals surface area contributed by atoms with Gasteiger partial charge in [-0.25, -0.2) is 8.78 Å². The summed E-state index contributed by atoms with van der Waals surface area (Å²) in [6.07, 6.45) is -4.49. The van der Waals surface area contributed by atoms with E-state index in [-0.39, 0.29) is 17.8 Å². The number of halogens is 5. The van der Waals surface area contributed by atoms with Crippen LogP contribution in [0.25, 0.3) is 0 Å². The van der Waals surface area contributed by atoms with Gasteiger partial charge in [0.25, 0.3) is 5.91 Å². The Hall–Kier alpha value is -3.01. The SMILES string of the molecule is C[C@H](C(=O)Nc1ccc(F)cc1F)N(C)Cc1ccc(C(=O)NCC(F)(F)F)cc1. The maximum atomic E-state index is 13.7. The summed E-state index contributed by atoms with van der Waals surface area (Å²) < 4.78 is 63.1. The summed E-state index contributed by atoms with van der Waals surface area (Å²) >= 11 is 0. The smallest absolute Gasteiger partial charge is 0.343 e. The number of likely N-dealkylation sites (N-methyl/N-ethyl adjacent to an activating group) is 1. The van der Waals surface area contributed by atoms with Crippen LogP contribution in [0.15, 0.2) is 42.5 Å². The third-order valence-corrected chi connectivity index (χ3v) is 4.33. The highest BCUT2D eigenvalue weighted by Crippen LogP contribution is 2.17. The molecule has 0 spiro atoms. The van der Waals surface area contributed by atoms with Crippen LogP contribution in [0.4, 0.5) is 27.6 Å². The normalized spacial score (nSPS) is 12.5. The number of carbonyl (C=O) groups excluding carboxylic acids is 2. The van der Waals surface area contributed by atoms with Gasteiger partial charge in [-0.1, -0.05) is 12.1 Å². The Bertz CT molecular complexity index is 900. The van der Waals surface area contributed by atoms with Gasteiger partial charge in [-0.3, -0.25) is 14.5 Å². The second kappa shape index (κ2) is 9.66. The fourth-order valence-corrected chi connectivity index (χ4v) is 2.50.